The molecule has 3 nitrogen and oxygen atoms in total. The van der Waals surface area contributed by atoms with Crippen LogP contribution in [0.5, 0.6) is 5.75 Å². The maximum Gasteiger partial charge on any atom is 0.119 e. The first-order chi connectivity index (χ1) is 9.31. The van der Waals surface area contributed by atoms with E-state index in [1.54, 1.807) is 0 Å². The zero-order chi connectivity index (χ0) is 13.9. The van der Waals surface area contributed by atoms with Crippen LogP contribution in [0.15, 0.2) is 24.3 Å². The van der Waals surface area contributed by atoms with Gasteiger partial charge in [-0.3, -0.25) is 0 Å². The summed E-state index contributed by atoms with van der Waals surface area (Å²) in [5, 5.41) is 11.9. The Kier molecular flexibility index (Phi) is 7.69. The van der Waals surface area contributed by atoms with Crippen LogP contribution < -0.4 is 10.1 Å². The van der Waals surface area contributed by atoms with E-state index in [-0.39, 0.29) is 0 Å². The Morgan fingerprint density at radius 1 is 1.21 bits per heavy atom. The summed E-state index contributed by atoms with van der Waals surface area (Å²) >= 11 is 0. The summed E-state index contributed by atoms with van der Waals surface area (Å²) < 4.78 is 5.65. The first-order valence-corrected chi connectivity index (χ1v) is 7.14. The average Bonchev–Trinajstić information content (AvgIpc) is 2.45. The molecule has 0 aromatic heterocycles. The molecule has 1 aromatic rings. The van der Waals surface area contributed by atoms with E-state index in [4.69, 9.17) is 10.00 Å². The summed E-state index contributed by atoms with van der Waals surface area (Å²) in [5.74, 6) is 0.909. The van der Waals surface area contributed by atoms with Crippen molar-refractivity contribution in [3.05, 3.63) is 29.8 Å². The minimum Gasteiger partial charge on any atom is -0.494 e. The van der Waals surface area contributed by atoms with Gasteiger partial charge in [0.15, 0.2) is 0 Å². The van der Waals surface area contributed by atoms with Crippen molar-refractivity contribution < 1.29 is 4.74 Å². The topological polar surface area (TPSA) is 45.0 Å². The van der Waals surface area contributed by atoms with Crippen molar-refractivity contribution in [2.75, 3.05) is 13.2 Å². The molecule has 0 heterocycles. The van der Waals surface area contributed by atoms with Crippen molar-refractivity contribution in [1.82, 2.24) is 5.32 Å². The quantitative estimate of drug-likeness (QED) is 0.686. The molecule has 1 atom stereocenters. The normalized spacial score (nSPS) is 11.8. The standard InChI is InChI=1S/C16H24N2O/c1-3-16(18-4-2)14-8-10-15(11-9-14)19-13-7-5-6-12-17/h8-11,16,18H,3-7,13H2,1-2H3. The second kappa shape index (κ2) is 9.41. The molecule has 0 spiro atoms. The van der Waals surface area contributed by atoms with Crippen molar-refractivity contribution in [3.63, 3.8) is 0 Å². The second-order valence-electron chi connectivity index (χ2n) is 4.55. The maximum atomic E-state index is 8.44. The molecule has 0 radical (unpaired) electrons. The Bertz CT molecular complexity index is 381. The highest BCUT2D eigenvalue weighted by Crippen LogP contribution is 2.20. The molecule has 0 saturated heterocycles. The zero-order valence-corrected chi connectivity index (χ0v) is 12.0. The van der Waals surface area contributed by atoms with Crippen LogP contribution in [0, 0.1) is 11.3 Å². The first-order valence-electron chi connectivity index (χ1n) is 7.14. The van der Waals surface area contributed by atoms with E-state index in [2.05, 4.69) is 37.4 Å². The molecule has 1 aromatic carbocycles. The summed E-state index contributed by atoms with van der Waals surface area (Å²) in [6.45, 7) is 5.98. The number of rotatable bonds is 9. The Morgan fingerprint density at radius 2 is 1.95 bits per heavy atom. The lowest BCUT2D eigenvalue weighted by Crippen LogP contribution is -2.19. The SMILES string of the molecule is CCNC(CC)c1ccc(OCCCCC#N)cc1. The largest absolute Gasteiger partial charge is 0.494 e. The second-order valence-corrected chi connectivity index (χ2v) is 4.55. The third-order valence-corrected chi connectivity index (χ3v) is 3.09. The van der Waals surface area contributed by atoms with Gasteiger partial charge >= 0.3 is 0 Å². The van der Waals surface area contributed by atoms with Gasteiger partial charge in [0.05, 0.1) is 12.7 Å². The van der Waals surface area contributed by atoms with Crippen LogP contribution in [0.1, 0.15) is 51.1 Å². The Balaban J connectivity index is 2.40. The number of hydrogen-bond donors (Lipinski definition) is 1. The lowest BCUT2D eigenvalue weighted by atomic mass is 10.0. The molecule has 0 aliphatic rings. The van der Waals surface area contributed by atoms with E-state index in [1.165, 1.54) is 5.56 Å². The molecule has 0 aliphatic heterocycles. The zero-order valence-electron chi connectivity index (χ0n) is 12.0. The van der Waals surface area contributed by atoms with Crippen LogP contribution in [0.4, 0.5) is 0 Å². The van der Waals surface area contributed by atoms with Crippen LogP contribution in [0.25, 0.3) is 0 Å². The smallest absolute Gasteiger partial charge is 0.119 e. The number of ether oxygens (including phenoxy) is 1. The predicted octanol–water partition coefficient (Wildman–Crippen LogP) is 3.82. The van der Waals surface area contributed by atoms with Crippen molar-refractivity contribution in [1.29, 1.82) is 5.26 Å². The first kappa shape index (κ1) is 15.5. The number of hydrogen-bond acceptors (Lipinski definition) is 3. The lowest BCUT2D eigenvalue weighted by molar-refractivity contribution is 0.307. The Labute approximate surface area is 116 Å². The molecule has 0 amide bonds. The Hall–Kier alpha value is -1.53. The van der Waals surface area contributed by atoms with Crippen molar-refractivity contribution in [3.8, 4) is 11.8 Å². The number of nitrogens with one attached hydrogen (secondary N) is 1. The van der Waals surface area contributed by atoms with E-state index >= 15 is 0 Å². The third-order valence-electron chi connectivity index (χ3n) is 3.09. The summed E-state index contributed by atoms with van der Waals surface area (Å²) in [4.78, 5) is 0. The van der Waals surface area contributed by atoms with Gasteiger partial charge < -0.3 is 10.1 Å². The van der Waals surface area contributed by atoms with Gasteiger partial charge in [-0.1, -0.05) is 26.0 Å². The minimum atomic E-state index is 0.426. The van der Waals surface area contributed by atoms with E-state index in [1.807, 2.05) is 12.1 Å². The van der Waals surface area contributed by atoms with Crippen molar-refractivity contribution >= 4 is 0 Å². The molecule has 19 heavy (non-hydrogen) atoms. The van der Waals surface area contributed by atoms with Crippen LogP contribution >= 0.6 is 0 Å². The molecule has 1 N–H and O–H groups in total. The van der Waals surface area contributed by atoms with Gasteiger partial charge in [0, 0.05) is 12.5 Å². The fraction of sp³-hybridized carbons (Fsp3) is 0.562. The molecular formula is C16H24N2O. The summed E-state index contributed by atoms with van der Waals surface area (Å²) in [6.07, 6.45) is 3.54. The van der Waals surface area contributed by atoms with Crippen molar-refractivity contribution in [2.45, 2.75) is 45.6 Å². The van der Waals surface area contributed by atoms with Crippen LogP contribution in [0.2, 0.25) is 0 Å². The molecule has 0 bridgehead atoms. The predicted molar refractivity (Wildman–Crippen MR) is 78.1 cm³/mol. The third kappa shape index (κ3) is 5.76. The summed E-state index contributed by atoms with van der Waals surface area (Å²) in [6, 6.07) is 10.9. The minimum absolute atomic E-state index is 0.426. The highest BCUT2D eigenvalue weighted by molar-refractivity contribution is 5.29. The van der Waals surface area contributed by atoms with Gasteiger partial charge in [-0.15, -0.1) is 0 Å². The highest BCUT2D eigenvalue weighted by Gasteiger charge is 2.07. The molecule has 104 valence electrons. The summed E-state index contributed by atoms with van der Waals surface area (Å²) in [5.41, 5.74) is 1.31. The Morgan fingerprint density at radius 3 is 2.53 bits per heavy atom. The lowest BCUT2D eigenvalue weighted by Gasteiger charge is -2.16. The van der Waals surface area contributed by atoms with Gasteiger partial charge in [-0.05, 0) is 43.5 Å². The molecule has 1 rings (SSSR count). The van der Waals surface area contributed by atoms with E-state index in [0.717, 1.165) is 31.6 Å². The van der Waals surface area contributed by atoms with Crippen LogP contribution in [0.3, 0.4) is 0 Å². The van der Waals surface area contributed by atoms with Crippen molar-refractivity contribution in [2.24, 2.45) is 0 Å². The van der Waals surface area contributed by atoms with E-state index < -0.39 is 0 Å². The monoisotopic (exact) mass is 260 g/mol. The highest BCUT2D eigenvalue weighted by atomic mass is 16.5. The van der Waals surface area contributed by atoms with Gasteiger partial charge in [-0.2, -0.15) is 5.26 Å². The van der Waals surface area contributed by atoms with Crippen LogP contribution in [-0.2, 0) is 0 Å². The fourth-order valence-corrected chi connectivity index (χ4v) is 2.04. The van der Waals surface area contributed by atoms with Gasteiger partial charge in [0.1, 0.15) is 5.75 Å². The van der Waals surface area contributed by atoms with E-state index in [0.29, 0.717) is 19.1 Å². The molecular weight excluding hydrogens is 236 g/mol. The van der Waals surface area contributed by atoms with Crippen LogP contribution in [-0.4, -0.2) is 13.2 Å². The molecule has 1 unspecified atom stereocenters. The number of nitriles is 1. The number of nitrogens with zero attached hydrogens (tertiary/aromatic N) is 1. The summed E-state index contributed by atoms with van der Waals surface area (Å²) in [7, 11) is 0. The molecule has 0 saturated carbocycles. The fourth-order valence-electron chi connectivity index (χ4n) is 2.04. The molecule has 0 aliphatic carbocycles. The molecule has 0 fully saturated rings. The van der Waals surface area contributed by atoms with Gasteiger partial charge in [-0.25, -0.2) is 0 Å². The number of unbranched alkanes of at least 4 members (excludes halogenated alkanes) is 2. The average molecular weight is 260 g/mol. The van der Waals surface area contributed by atoms with Gasteiger partial charge in [0.25, 0.3) is 0 Å². The molecule has 3 heteroatoms. The van der Waals surface area contributed by atoms with Gasteiger partial charge in [0.2, 0.25) is 0 Å². The maximum absolute atomic E-state index is 8.44. The van der Waals surface area contributed by atoms with E-state index in [9.17, 15) is 0 Å². The number of benzene rings is 1.